The molecule has 0 atom stereocenters. The van der Waals surface area contributed by atoms with Gasteiger partial charge in [-0.05, 0) is 72.3 Å². The van der Waals surface area contributed by atoms with E-state index >= 15 is 0 Å². The Labute approximate surface area is 154 Å². The predicted octanol–water partition coefficient (Wildman–Crippen LogP) is 6.62. The van der Waals surface area contributed by atoms with Crippen molar-refractivity contribution in [2.75, 3.05) is 0 Å². The number of hydrogen-bond acceptors (Lipinski definition) is 2. The van der Waals surface area contributed by atoms with Crippen LogP contribution in [0, 0.1) is 5.82 Å². The summed E-state index contributed by atoms with van der Waals surface area (Å²) in [6, 6.07) is 11.8. The number of nitrogens with zero attached hydrogens (tertiary/aromatic N) is 1. The fraction of sp³-hybridized carbons (Fsp3) is 0.318. The maximum absolute atomic E-state index is 14.6. The first kappa shape index (κ1) is 17.7. The predicted molar refractivity (Wildman–Crippen MR) is 106 cm³/mol. The van der Waals surface area contributed by atoms with E-state index in [-0.39, 0.29) is 5.82 Å². The summed E-state index contributed by atoms with van der Waals surface area (Å²) < 4.78 is 14.6. The molecule has 0 unspecified atom stereocenters. The number of isothiocyanates is 1. The maximum atomic E-state index is 14.6. The van der Waals surface area contributed by atoms with Gasteiger partial charge in [-0.2, -0.15) is 4.99 Å². The van der Waals surface area contributed by atoms with E-state index in [1.807, 2.05) is 24.3 Å². The zero-order valence-corrected chi connectivity index (χ0v) is 15.3. The molecule has 3 rings (SSSR count). The summed E-state index contributed by atoms with van der Waals surface area (Å²) in [5.74, 6) is -0.133. The van der Waals surface area contributed by atoms with E-state index in [9.17, 15) is 4.39 Å². The highest BCUT2D eigenvalue weighted by Crippen LogP contribution is 2.31. The Morgan fingerprint density at radius 1 is 1.12 bits per heavy atom. The normalized spacial score (nSPS) is 13.0. The van der Waals surface area contributed by atoms with Crippen LogP contribution in [-0.2, 0) is 12.8 Å². The van der Waals surface area contributed by atoms with Crippen LogP contribution in [0.2, 0.25) is 0 Å². The molecule has 0 spiro atoms. The van der Waals surface area contributed by atoms with Gasteiger partial charge in [0, 0.05) is 5.56 Å². The third-order valence-electron chi connectivity index (χ3n) is 4.72. The van der Waals surface area contributed by atoms with Crippen molar-refractivity contribution in [1.29, 1.82) is 0 Å². The van der Waals surface area contributed by atoms with Gasteiger partial charge in [-0.25, -0.2) is 4.39 Å². The van der Waals surface area contributed by atoms with Crippen molar-refractivity contribution in [3.8, 4) is 11.1 Å². The average Bonchev–Trinajstić information content (AvgIpc) is 2.62. The zero-order chi connectivity index (χ0) is 17.6. The summed E-state index contributed by atoms with van der Waals surface area (Å²) in [7, 11) is 0. The molecule has 0 fully saturated rings. The standard InChI is InChI=1S/C22H22FNS/c1-2-3-4-5-16-6-11-21(22(23)12-16)19-8-7-18-14-20(24-15-25)10-9-17(18)13-19/h6-8,11-14H,2-5,9-10H2,1H3. The lowest BCUT2D eigenvalue weighted by atomic mass is 9.91. The lowest BCUT2D eigenvalue weighted by Gasteiger charge is -2.15. The Morgan fingerprint density at radius 2 is 2.00 bits per heavy atom. The minimum atomic E-state index is -0.133. The molecule has 1 aliphatic rings. The molecule has 0 radical (unpaired) electrons. The summed E-state index contributed by atoms with van der Waals surface area (Å²) in [4.78, 5) is 4.08. The fourth-order valence-electron chi connectivity index (χ4n) is 3.32. The van der Waals surface area contributed by atoms with Crippen LogP contribution in [0.1, 0.15) is 49.3 Å². The van der Waals surface area contributed by atoms with Gasteiger partial charge in [-0.15, -0.1) is 0 Å². The highest BCUT2D eigenvalue weighted by atomic mass is 32.1. The molecule has 2 aromatic carbocycles. The molecule has 1 aliphatic carbocycles. The minimum Gasteiger partial charge on any atom is -0.206 e. The number of halogens is 1. The summed E-state index contributed by atoms with van der Waals surface area (Å²) >= 11 is 4.68. The molecule has 3 heteroatoms. The van der Waals surface area contributed by atoms with E-state index < -0.39 is 0 Å². The molecule has 0 saturated carbocycles. The molecule has 0 amide bonds. The summed E-state index contributed by atoms with van der Waals surface area (Å²) in [5.41, 5.74) is 6.01. The SMILES string of the molecule is CCCCCc1ccc(-c2ccc3c(c2)CCC(N=C=S)=C3)c(F)c1. The number of unbranched alkanes of at least 4 members (excludes halogenated alkanes) is 2. The molecule has 2 aromatic rings. The number of rotatable bonds is 6. The molecule has 0 N–H and O–H groups in total. The van der Waals surface area contributed by atoms with Gasteiger partial charge >= 0.3 is 0 Å². The van der Waals surface area contributed by atoms with Crippen molar-refractivity contribution in [1.82, 2.24) is 0 Å². The summed E-state index contributed by atoms with van der Waals surface area (Å²) in [5, 5.41) is 2.43. The topological polar surface area (TPSA) is 12.4 Å². The van der Waals surface area contributed by atoms with Crippen LogP contribution in [0.3, 0.4) is 0 Å². The van der Waals surface area contributed by atoms with Crippen molar-refractivity contribution in [2.24, 2.45) is 4.99 Å². The largest absolute Gasteiger partial charge is 0.206 e. The average molecular weight is 351 g/mol. The number of aliphatic imine (C=N–C) groups is 1. The Morgan fingerprint density at radius 3 is 2.76 bits per heavy atom. The monoisotopic (exact) mass is 351 g/mol. The third-order valence-corrected chi connectivity index (χ3v) is 4.81. The third kappa shape index (κ3) is 4.31. The van der Waals surface area contributed by atoms with Crippen molar-refractivity contribution >= 4 is 23.5 Å². The smallest absolute Gasteiger partial charge is 0.131 e. The molecule has 25 heavy (non-hydrogen) atoms. The lowest BCUT2D eigenvalue weighted by Crippen LogP contribution is -1.99. The number of fused-ring (bicyclic) bond motifs is 1. The fourth-order valence-corrected chi connectivity index (χ4v) is 3.44. The van der Waals surface area contributed by atoms with Gasteiger partial charge in [0.2, 0.25) is 0 Å². The van der Waals surface area contributed by atoms with Crippen LogP contribution in [0.5, 0.6) is 0 Å². The number of thiocarbonyl (C=S) groups is 1. The van der Waals surface area contributed by atoms with Gasteiger partial charge in [0.25, 0.3) is 0 Å². The Kier molecular flexibility index (Phi) is 5.91. The summed E-state index contributed by atoms with van der Waals surface area (Å²) in [6.45, 7) is 2.18. The quantitative estimate of drug-likeness (QED) is 0.324. The summed E-state index contributed by atoms with van der Waals surface area (Å²) in [6.07, 6.45) is 8.22. The molecule has 0 aromatic heterocycles. The van der Waals surface area contributed by atoms with E-state index in [4.69, 9.17) is 0 Å². The molecule has 0 bridgehead atoms. The first-order valence-corrected chi connectivity index (χ1v) is 9.32. The minimum absolute atomic E-state index is 0.133. The lowest BCUT2D eigenvalue weighted by molar-refractivity contribution is 0.626. The van der Waals surface area contributed by atoms with Gasteiger partial charge < -0.3 is 0 Å². The van der Waals surface area contributed by atoms with Crippen LogP contribution in [-0.4, -0.2) is 5.16 Å². The molecule has 0 aliphatic heterocycles. The van der Waals surface area contributed by atoms with E-state index in [0.29, 0.717) is 5.56 Å². The van der Waals surface area contributed by atoms with E-state index in [1.165, 1.54) is 18.4 Å². The van der Waals surface area contributed by atoms with Crippen molar-refractivity contribution < 1.29 is 4.39 Å². The molecular formula is C22H22FNS. The second-order valence-electron chi connectivity index (χ2n) is 6.52. The van der Waals surface area contributed by atoms with Crippen LogP contribution in [0.4, 0.5) is 4.39 Å². The van der Waals surface area contributed by atoms with E-state index in [0.717, 1.165) is 48.1 Å². The second-order valence-corrected chi connectivity index (χ2v) is 6.71. The van der Waals surface area contributed by atoms with E-state index in [1.54, 1.807) is 6.07 Å². The molecule has 0 heterocycles. The van der Waals surface area contributed by atoms with Gasteiger partial charge in [0.15, 0.2) is 0 Å². The first-order chi connectivity index (χ1) is 12.2. The number of aryl methyl sites for hydroxylation is 2. The first-order valence-electron chi connectivity index (χ1n) is 8.91. The van der Waals surface area contributed by atoms with Crippen molar-refractivity contribution in [3.63, 3.8) is 0 Å². The number of benzene rings is 2. The number of hydrogen-bond donors (Lipinski definition) is 0. The van der Waals surface area contributed by atoms with Crippen LogP contribution in [0.15, 0.2) is 47.1 Å². The molecule has 1 nitrogen and oxygen atoms in total. The Bertz CT molecular complexity index is 847. The van der Waals surface area contributed by atoms with Gasteiger partial charge in [-0.3, -0.25) is 0 Å². The highest BCUT2D eigenvalue weighted by Gasteiger charge is 2.13. The van der Waals surface area contributed by atoms with Crippen LogP contribution >= 0.6 is 12.2 Å². The number of allylic oxidation sites excluding steroid dienone is 1. The van der Waals surface area contributed by atoms with Crippen LogP contribution < -0.4 is 0 Å². The van der Waals surface area contributed by atoms with Crippen molar-refractivity contribution in [2.45, 2.75) is 45.4 Å². The maximum Gasteiger partial charge on any atom is 0.131 e. The molecular weight excluding hydrogens is 329 g/mol. The zero-order valence-electron chi connectivity index (χ0n) is 14.5. The molecule has 128 valence electrons. The Hall–Kier alpha value is -2.09. The van der Waals surface area contributed by atoms with Crippen molar-refractivity contribution in [3.05, 3.63) is 64.6 Å². The Balaban J connectivity index is 1.84. The van der Waals surface area contributed by atoms with E-state index in [2.05, 4.69) is 41.4 Å². The van der Waals surface area contributed by atoms with Gasteiger partial charge in [0.1, 0.15) is 5.82 Å². The molecule has 0 saturated heterocycles. The van der Waals surface area contributed by atoms with Gasteiger partial charge in [0.05, 0.1) is 10.9 Å². The van der Waals surface area contributed by atoms with Gasteiger partial charge in [-0.1, -0.05) is 50.1 Å². The van der Waals surface area contributed by atoms with Crippen LogP contribution in [0.25, 0.3) is 17.2 Å². The highest BCUT2D eigenvalue weighted by molar-refractivity contribution is 7.78. The second kappa shape index (κ2) is 8.33.